The second-order valence-corrected chi connectivity index (χ2v) is 5.94. The zero-order valence-electron chi connectivity index (χ0n) is 11.8. The molecule has 0 radical (unpaired) electrons. The highest BCUT2D eigenvalue weighted by atomic mass is 17.2. The van der Waals surface area contributed by atoms with Gasteiger partial charge in [0.25, 0.3) is 0 Å². The summed E-state index contributed by atoms with van der Waals surface area (Å²) in [6, 6.07) is 0. The van der Waals surface area contributed by atoms with Crippen molar-refractivity contribution in [2.24, 2.45) is 11.8 Å². The molecule has 0 aromatic heterocycles. The van der Waals surface area contributed by atoms with Crippen LogP contribution in [0, 0.1) is 11.8 Å². The smallest absolute Gasteiger partial charge is 0.230 e. The van der Waals surface area contributed by atoms with Gasteiger partial charge in [-0.25, -0.2) is 40.6 Å². The maximum absolute atomic E-state index is 8.75. The third-order valence-corrected chi connectivity index (χ3v) is 3.98. The summed E-state index contributed by atoms with van der Waals surface area (Å²) in [5, 5.41) is 35.0. The van der Waals surface area contributed by atoms with Gasteiger partial charge in [-0.3, -0.25) is 0 Å². The molecule has 0 bridgehead atoms. The highest BCUT2D eigenvalue weighted by Crippen LogP contribution is 2.39. The van der Waals surface area contributed by atoms with Crippen molar-refractivity contribution in [1.29, 1.82) is 0 Å². The summed E-state index contributed by atoms with van der Waals surface area (Å²) >= 11 is 0. The molecule has 1 aliphatic rings. The van der Waals surface area contributed by atoms with Gasteiger partial charge in [-0.1, -0.05) is 19.3 Å². The summed E-state index contributed by atoms with van der Waals surface area (Å²) in [6.07, 6.45) is 4.17. The van der Waals surface area contributed by atoms with Crippen LogP contribution in [0.15, 0.2) is 0 Å². The minimum atomic E-state index is -1.45. The van der Waals surface area contributed by atoms with Crippen LogP contribution in [-0.4, -0.2) is 32.6 Å². The van der Waals surface area contributed by atoms with E-state index in [0.29, 0.717) is 12.8 Å². The predicted molar refractivity (Wildman–Crippen MR) is 66.3 cm³/mol. The predicted octanol–water partition coefficient (Wildman–Crippen LogP) is 2.96. The molecule has 0 aromatic rings. The second kappa shape index (κ2) is 7.62. The summed E-state index contributed by atoms with van der Waals surface area (Å²) in [6.45, 7) is 2.88. The van der Waals surface area contributed by atoms with Crippen molar-refractivity contribution in [2.45, 2.75) is 63.9 Å². The van der Waals surface area contributed by atoms with E-state index in [1.807, 2.05) is 0 Å². The molecular formula is C12H24O8. The van der Waals surface area contributed by atoms with Gasteiger partial charge in [0.05, 0.1) is 0 Å². The highest BCUT2D eigenvalue weighted by molar-refractivity contribution is 4.79. The standard InChI is InChI=1S/C12H24O8/c1-11(17-13,18-14)7-9-4-3-5-10(6-9)8-12(2,19-15)20-16/h9-10,13-16H,3-8H2,1-2H3. The third-order valence-electron chi connectivity index (χ3n) is 3.98. The molecule has 2 atom stereocenters. The molecule has 2 unspecified atom stereocenters. The molecule has 0 heterocycles. The van der Waals surface area contributed by atoms with Crippen LogP contribution in [0.1, 0.15) is 52.4 Å². The lowest BCUT2D eigenvalue weighted by Crippen LogP contribution is -2.37. The van der Waals surface area contributed by atoms with Crippen molar-refractivity contribution in [3.05, 3.63) is 0 Å². The Morgan fingerprint density at radius 1 is 0.800 bits per heavy atom. The Balaban J connectivity index is 2.54. The molecule has 1 fully saturated rings. The summed E-state index contributed by atoms with van der Waals surface area (Å²) < 4.78 is 0. The molecule has 8 nitrogen and oxygen atoms in total. The van der Waals surface area contributed by atoms with E-state index in [-0.39, 0.29) is 11.8 Å². The Morgan fingerprint density at radius 2 is 1.15 bits per heavy atom. The van der Waals surface area contributed by atoms with Crippen molar-refractivity contribution in [1.82, 2.24) is 0 Å². The maximum Gasteiger partial charge on any atom is 0.230 e. The van der Waals surface area contributed by atoms with Gasteiger partial charge in [0.2, 0.25) is 11.6 Å². The Bertz CT molecular complexity index is 251. The van der Waals surface area contributed by atoms with Gasteiger partial charge >= 0.3 is 0 Å². The number of rotatable bonds is 8. The van der Waals surface area contributed by atoms with Crippen molar-refractivity contribution < 1.29 is 40.6 Å². The average Bonchev–Trinajstić information content (AvgIpc) is 2.47. The van der Waals surface area contributed by atoms with Gasteiger partial charge in [0, 0.05) is 12.8 Å². The van der Waals surface area contributed by atoms with Crippen LogP contribution in [-0.2, 0) is 19.6 Å². The van der Waals surface area contributed by atoms with E-state index in [4.69, 9.17) is 21.0 Å². The molecule has 4 N–H and O–H groups in total. The number of hydrogen-bond acceptors (Lipinski definition) is 8. The van der Waals surface area contributed by atoms with Gasteiger partial charge in [0.15, 0.2) is 0 Å². The van der Waals surface area contributed by atoms with Crippen LogP contribution in [0.4, 0.5) is 0 Å². The topological polar surface area (TPSA) is 118 Å². The van der Waals surface area contributed by atoms with E-state index >= 15 is 0 Å². The van der Waals surface area contributed by atoms with Crippen LogP contribution in [0.2, 0.25) is 0 Å². The van der Waals surface area contributed by atoms with Crippen molar-refractivity contribution in [3.63, 3.8) is 0 Å². The lowest BCUT2D eigenvalue weighted by molar-refractivity contribution is -0.486. The number of hydrogen-bond donors (Lipinski definition) is 4. The van der Waals surface area contributed by atoms with Gasteiger partial charge in [-0.2, -0.15) is 0 Å². The van der Waals surface area contributed by atoms with E-state index in [9.17, 15) is 0 Å². The zero-order valence-corrected chi connectivity index (χ0v) is 11.8. The van der Waals surface area contributed by atoms with Crippen LogP contribution >= 0.6 is 0 Å². The second-order valence-electron chi connectivity index (χ2n) is 5.94. The molecule has 0 amide bonds. The van der Waals surface area contributed by atoms with Crippen LogP contribution < -0.4 is 0 Å². The molecule has 20 heavy (non-hydrogen) atoms. The maximum atomic E-state index is 8.75. The molecule has 0 spiro atoms. The van der Waals surface area contributed by atoms with Crippen molar-refractivity contribution >= 4 is 0 Å². The minimum absolute atomic E-state index is 0.166. The van der Waals surface area contributed by atoms with E-state index < -0.39 is 11.6 Å². The molecular weight excluding hydrogens is 272 g/mol. The summed E-state index contributed by atoms with van der Waals surface area (Å²) in [5.74, 6) is -2.56. The van der Waals surface area contributed by atoms with Crippen LogP contribution in [0.25, 0.3) is 0 Å². The van der Waals surface area contributed by atoms with E-state index in [2.05, 4.69) is 19.6 Å². The Morgan fingerprint density at radius 3 is 1.45 bits per heavy atom. The van der Waals surface area contributed by atoms with Crippen molar-refractivity contribution in [2.75, 3.05) is 0 Å². The summed E-state index contributed by atoms with van der Waals surface area (Å²) in [4.78, 5) is 16.7. The van der Waals surface area contributed by atoms with Crippen LogP contribution in [0.5, 0.6) is 0 Å². The fraction of sp³-hybridized carbons (Fsp3) is 1.00. The van der Waals surface area contributed by atoms with E-state index in [0.717, 1.165) is 25.7 Å². The monoisotopic (exact) mass is 296 g/mol. The molecule has 0 aromatic carbocycles. The largest absolute Gasteiger partial charge is 0.249 e. The fourth-order valence-corrected chi connectivity index (χ4v) is 3.00. The first-order chi connectivity index (χ1) is 9.40. The van der Waals surface area contributed by atoms with E-state index in [1.165, 1.54) is 13.8 Å². The molecule has 1 saturated carbocycles. The highest BCUT2D eigenvalue weighted by Gasteiger charge is 2.37. The molecule has 0 aliphatic heterocycles. The Labute approximate surface area is 117 Å². The fourth-order valence-electron chi connectivity index (χ4n) is 3.00. The van der Waals surface area contributed by atoms with Crippen LogP contribution in [0.3, 0.4) is 0 Å². The van der Waals surface area contributed by atoms with Gasteiger partial charge < -0.3 is 0 Å². The lowest BCUT2D eigenvalue weighted by atomic mass is 9.76. The summed E-state index contributed by atoms with van der Waals surface area (Å²) in [5.41, 5.74) is 0. The first kappa shape index (κ1) is 17.7. The lowest BCUT2D eigenvalue weighted by Gasteiger charge is -2.35. The molecule has 1 rings (SSSR count). The van der Waals surface area contributed by atoms with Crippen molar-refractivity contribution in [3.8, 4) is 0 Å². The van der Waals surface area contributed by atoms with Gasteiger partial charge in [0.1, 0.15) is 0 Å². The first-order valence-corrected chi connectivity index (χ1v) is 6.70. The summed E-state index contributed by atoms with van der Waals surface area (Å²) in [7, 11) is 0. The Hall–Kier alpha value is -0.320. The SMILES string of the molecule is CC(CC1CCCC(CC(C)(OO)OO)C1)(OO)OO. The molecule has 1 aliphatic carbocycles. The molecule has 120 valence electrons. The Kier molecular flexibility index (Phi) is 6.76. The first-order valence-electron chi connectivity index (χ1n) is 6.70. The average molecular weight is 296 g/mol. The third kappa shape index (κ3) is 4.90. The zero-order chi connectivity index (χ0) is 15.2. The van der Waals surface area contributed by atoms with Gasteiger partial charge in [-0.05, 0) is 32.1 Å². The molecule has 0 saturated heterocycles. The minimum Gasteiger partial charge on any atom is -0.249 e. The quantitative estimate of drug-likeness (QED) is 0.307. The van der Waals surface area contributed by atoms with E-state index in [1.54, 1.807) is 0 Å². The van der Waals surface area contributed by atoms with Gasteiger partial charge in [-0.15, -0.1) is 0 Å². The normalized spacial score (nSPS) is 24.9. The molecule has 8 heteroatoms.